The maximum absolute atomic E-state index is 3.18. The molecular weight excluding hydrogens is 124 g/mol. The van der Waals surface area contributed by atoms with Gasteiger partial charge in [0.15, 0.2) is 0 Å². The molecule has 54 valence electrons. The third-order valence-corrected chi connectivity index (χ3v) is 1.24. The molecule has 0 aromatic heterocycles. The Morgan fingerprint density at radius 2 is 1.90 bits per heavy atom. The summed E-state index contributed by atoms with van der Waals surface area (Å²) < 4.78 is 0. The molecule has 0 aliphatic rings. The first kappa shape index (κ1) is 7.09. The monoisotopic (exact) mass is 136 g/mol. The number of para-hydroxylation sites is 1. The average Bonchev–Trinajstić information content (AvgIpc) is 2.03. The van der Waals surface area contributed by atoms with Crippen LogP contribution in [0.25, 0.3) is 0 Å². The Morgan fingerprint density at radius 3 is 2.50 bits per heavy atom. The first-order valence-corrected chi connectivity index (χ1v) is 3.37. The molecule has 0 saturated heterocycles. The van der Waals surface area contributed by atoms with E-state index in [1.807, 2.05) is 37.4 Å². The van der Waals surface area contributed by atoms with Gasteiger partial charge >= 0.3 is 0 Å². The van der Waals surface area contributed by atoms with Crippen LogP contribution in [0.15, 0.2) is 30.3 Å². The van der Waals surface area contributed by atoms with E-state index in [0.29, 0.717) is 0 Å². The largest absolute Gasteiger partial charge is 0.372 e. The lowest BCUT2D eigenvalue weighted by Crippen LogP contribution is -2.16. The van der Waals surface area contributed by atoms with Crippen molar-refractivity contribution in [2.24, 2.45) is 0 Å². The summed E-state index contributed by atoms with van der Waals surface area (Å²) >= 11 is 0. The van der Waals surface area contributed by atoms with E-state index in [2.05, 4.69) is 10.6 Å². The Labute approximate surface area is 61.3 Å². The van der Waals surface area contributed by atoms with Crippen LogP contribution in [-0.4, -0.2) is 13.7 Å². The Bertz CT molecular complexity index is 172. The number of hydrogen-bond donors (Lipinski definition) is 2. The van der Waals surface area contributed by atoms with Gasteiger partial charge in [-0.3, -0.25) is 0 Å². The van der Waals surface area contributed by atoms with Crippen LogP contribution in [0.1, 0.15) is 0 Å². The molecule has 0 spiro atoms. The first-order valence-electron chi connectivity index (χ1n) is 3.37. The lowest BCUT2D eigenvalue weighted by atomic mass is 10.3. The molecule has 0 atom stereocenters. The smallest absolute Gasteiger partial charge is 0.0650 e. The van der Waals surface area contributed by atoms with Gasteiger partial charge in [0.25, 0.3) is 0 Å². The Balaban J connectivity index is 2.43. The quantitative estimate of drug-likeness (QED) is 0.611. The number of rotatable bonds is 3. The second-order valence-corrected chi connectivity index (χ2v) is 2.07. The van der Waals surface area contributed by atoms with Crippen molar-refractivity contribution in [3.63, 3.8) is 0 Å². The third-order valence-electron chi connectivity index (χ3n) is 1.24. The Kier molecular flexibility index (Phi) is 2.77. The first-order chi connectivity index (χ1) is 4.93. The van der Waals surface area contributed by atoms with Gasteiger partial charge in [0.05, 0.1) is 6.67 Å². The average molecular weight is 136 g/mol. The zero-order valence-electron chi connectivity index (χ0n) is 6.09. The number of nitrogens with one attached hydrogen (secondary N) is 2. The van der Waals surface area contributed by atoms with E-state index >= 15 is 0 Å². The molecule has 2 N–H and O–H groups in total. The fourth-order valence-corrected chi connectivity index (χ4v) is 0.746. The highest BCUT2D eigenvalue weighted by Gasteiger charge is 1.83. The molecule has 10 heavy (non-hydrogen) atoms. The maximum atomic E-state index is 3.18. The third kappa shape index (κ3) is 2.07. The van der Waals surface area contributed by atoms with Crippen molar-refractivity contribution in [3.05, 3.63) is 30.3 Å². The van der Waals surface area contributed by atoms with Crippen molar-refractivity contribution >= 4 is 5.69 Å². The molecule has 0 aliphatic carbocycles. The predicted molar refractivity (Wildman–Crippen MR) is 44.0 cm³/mol. The molecule has 0 heterocycles. The SMILES string of the molecule is CNCNc1ccccc1. The molecule has 0 aliphatic heterocycles. The van der Waals surface area contributed by atoms with E-state index in [4.69, 9.17) is 0 Å². The normalized spacial score (nSPS) is 9.30. The van der Waals surface area contributed by atoms with Gasteiger partial charge in [-0.25, -0.2) is 0 Å². The van der Waals surface area contributed by atoms with Gasteiger partial charge in [-0.1, -0.05) is 18.2 Å². The van der Waals surface area contributed by atoms with Crippen molar-refractivity contribution in [1.29, 1.82) is 0 Å². The summed E-state index contributed by atoms with van der Waals surface area (Å²) in [6, 6.07) is 10.1. The van der Waals surface area contributed by atoms with Crippen LogP contribution in [0.3, 0.4) is 0 Å². The second kappa shape index (κ2) is 3.90. The van der Waals surface area contributed by atoms with Crippen LogP contribution in [0, 0.1) is 0 Å². The van der Waals surface area contributed by atoms with Crippen LogP contribution in [0.5, 0.6) is 0 Å². The van der Waals surface area contributed by atoms with Gasteiger partial charge in [0.1, 0.15) is 0 Å². The highest BCUT2D eigenvalue weighted by atomic mass is 15.0. The topological polar surface area (TPSA) is 24.1 Å². The summed E-state index contributed by atoms with van der Waals surface area (Å²) in [5.74, 6) is 0. The van der Waals surface area contributed by atoms with Gasteiger partial charge in [-0.2, -0.15) is 0 Å². The lowest BCUT2D eigenvalue weighted by molar-refractivity contribution is 0.874. The second-order valence-electron chi connectivity index (χ2n) is 2.07. The number of hydrogen-bond acceptors (Lipinski definition) is 2. The van der Waals surface area contributed by atoms with Gasteiger partial charge in [0, 0.05) is 5.69 Å². The van der Waals surface area contributed by atoms with Gasteiger partial charge in [0.2, 0.25) is 0 Å². The molecule has 1 rings (SSSR count). The van der Waals surface area contributed by atoms with Crippen LogP contribution < -0.4 is 10.6 Å². The molecule has 0 saturated carbocycles. The van der Waals surface area contributed by atoms with Gasteiger partial charge < -0.3 is 10.6 Å². The Morgan fingerprint density at radius 1 is 1.20 bits per heavy atom. The highest BCUT2D eigenvalue weighted by molar-refractivity contribution is 5.41. The summed E-state index contributed by atoms with van der Waals surface area (Å²) in [5, 5.41) is 6.19. The fourth-order valence-electron chi connectivity index (χ4n) is 0.746. The number of benzene rings is 1. The molecule has 1 aromatic rings. The van der Waals surface area contributed by atoms with Crippen molar-refractivity contribution < 1.29 is 0 Å². The van der Waals surface area contributed by atoms with E-state index in [0.717, 1.165) is 12.4 Å². The fraction of sp³-hybridized carbons (Fsp3) is 0.250. The maximum Gasteiger partial charge on any atom is 0.0650 e. The molecule has 2 heteroatoms. The van der Waals surface area contributed by atoms with Crippen molar-refractivity contribution in [2.75, 3.05) is 19.0 Å². The highest BCUT2D eigenvalue weighted by Crippen LogP contribution is 2.02. The van der Waals surface area contributed by atoms with E-state index in [9.17, 15) is 0 Å². The molecule has 2 nitrogen and oxygen atoms in total. The molecule has 0 bridgehead atoms. The van der Waals surface area contributed by atoms with Crippen LogP contribution in [0.2, 0.25) is 0 Å². The lowest BCUT2D eigenvalue weighted by Gasteiger charge is -2.02. The minimum absolute atomic E-state index is 0.810. The zero-order valence-corrected chi connectivity index (χ0v) is 6.09. The molecular formula is C8H12N2. The molecule has 1 aromatic carbocycles. The van der Waals surface area contributed by atoms with E-state index in [1.54, 1.807) is 0 Å². The van der Waals surface area contributed by atoms with Gasteiger partial charge in [-0.05, 0) is 19.2 Å². The van der Waals surface area contributed by atoms with Crippen molar-refractivity contribution in [3.8, 4) is 0 Å². The summed E-state index contributed by atoms with van der Waals surface area (Å²) in [7, 11) is 1.91. The summed E-state index contributed by atoms with van der Waals surface area (Å²) in [4.78, 5) is 0. The number of anilines is 1. The van der Waals surface area contributed by atoms with E-state index in [-0.39, 0.29) is 0 Å². The predicted octanol–water partition coefficient (Wildman–Crippen LogP) is 1.28. The Hall–Kier alpha value is -1.02. The molecule has 0 unspecified atom stereocenters. The molecule has 0 amide bonds. The minimum Gasteiger partial charge on any atom is -0.372 e. The van der Waals surface area contributed by atoms with E-state index < -0.39 is 0 Å². The standard InChI is InChI=1S/C8H12N2/c1-9-7-10-8-5-3-2-4-6-8/h2-6,9-10H,7H2,1H3. The summed E-state index contributed by atoms with van der Waals surface area (Å²) in [6.07, 6.45) is 0. The minimum atomic E-state index is 0.810. The van der Waals surface area contributed by atoms with Gasteiger partial charge in [-0.15, -0.1) is 0 Å². The summed E-state index contributed by atoms with van der Waals surface area (Å²) in [5.41, 5.74) is 1.15. The zero-order chi connectivity index (χ0) is 7.23. The van der Waals surface area contributed by atoms with E-state index in [1.165, 1.54) is 0 Å². The van der Waals surface area contributed by atoms with Crippen LogP contribution in [-0.2, 0) is 0 Å². The summed E-state index contributed by atoms with van der Waals surface area (Å²) in [6.45, 7) is 0.810. The van der Waals surface area contributed by atoms with Crippen molar-refractivity contribution in [2.45, 2.75) is 0 Å². The van der Waals surface area contributed by atoms with Crippen LogP contribution in [0.4, 0.5) is 5.69 Å². The van der Waals surface area contributed by atoms with Crippen molar-refractivity contribution in [1.82, 2.24) is 5.32 Å². The molecule has 0 radical (unpaired) electrons. The van der Waals surface area contributed by atoms with Crippen LogP contribution >= 0.6 is 0 Å². The molecule has 0 fully saturated rings.